The third-order valence-corrected chi connectivity index (χ3v) is 7.35. The molecule has 0 spiro atoms. The maximum absolute atomic E-state index is 14.1. The molecule has 4 rings (SSSR count). The van der Waals surface area contributed by atoms with Gasteiger partial charge in [-0.3, -0.25) is 14.9 Å². The summed E-state index contributed by atoms with van der Waals surface area (Å²) in [5.41, 5.74) is 0.285. The number of thiazole rings is 2. The van der Waals surface area contributed by atoms with E-state index in [1.807, 2.05) is 0 Å². The van der Waals surface area contributed by atoms with E-state index in [1.54, 1.807) is 17.2 Å². The topological polar surface area (TPSA) is 101 Å². The third kappa shape index (κ3) is 5.26. The number of nitrogens with zero attached hydrogens (tertiary/aromatic N) is 3. The fourth-order valence-corrected chi connectivity index (χ4v) is 5.45. The van der Waals surface area contributed by atoms with E-state index in [4.69, 9.17) is 16.3 Å². The fraction of sp³-hybridized carbons (Fsp3) is 0.318. The number of halogens is 2. The number of hydrogen-bond acceptors (Lipinski definition) is 8. The molecular weight excluding hydrogens is 503 g/mol. The summed E-state index contributed by atoms with van der Waals surface area (Å²) in [6.45, 7) is 2.81. The number of benzene rings is 1. The van der Waals surface area contributed by atoms with Crippen LogP contribution in [-0.2, 0) is 4.74 Å². The van der Waals surface area contributed by atoms with Crippen molar-refractivity contribution in [1.29, 1.82) is 0 Å². The first-order valence-corrected chi connectivity index (χ1v) is 12.6. The van der Waals surface area contributed by atoms with Crippen molar-refractivity contribution in [3.8, 4) is 0 Å². The van der Waals surface area contributed by atoms with Gasteiger partial charge >= 0.3 is 5.97 Å². The standard InChI is InChI=1S/C22H20ClFN4O4S2/c1-2-32-21(31)16-11-34-22(26-16)27-18(29)15-10-33-19(25-15)12-6-8-28(9-7-12)20(30)17-13(23)4-3-5-14(17)24/h3-5,10-12H,2,6-9H2,1H3,(H,26,27,29). The van der Waals surface area contributed by atoms with Crippen LogP contribution < -0.4 is 5.32 Å². The average Bonchev–Trinajstić information content (AvgIpc) is 3.49. The van der Waals surface area contributed by atoms with Gasteiger partial charge in [0.2, 0.25) is 0 Å². The zero-order chi connectivity index (χ0) is 24.2. The average molecular weight is 523 g/mol. The maximum Gasteiger partial charge on any atom is 0.357 e. The Balaban J connectivity index is 1.35. The number of nitrogens with one attached hydrogen (secondary N) is 1. The molecule has 2 amide bonds. The highest BCUT2D eigenvalue weighted by Gasteiger charge is 2.29. The van der Waals surface area contributed by atoms with Crippen molar-refractivity contribution in [1.82, 2.24) is 14.9 Å². The molecule has 3 aromatic rings. The van der Waals surface area contributed by atoms with Gasteiger partial charge in [0.15, 0.2) is 10.8 Å². The van der Waals surface area contributed by atoms with Crippen LogP contribution in [0, 0.1) is 5.82 Å². The van der Waals surface area contributed by atoms with Gasteiger partial charge in [-0.25, -0.2) is 19.2 Å². The van der Waals surface area contributed by atoms with Crippen molar-refractivity contribution < 1.29 is 23.5 Å². The first-order chi connectivity index (χ1) is 16.4. The Labute approximate surface area is 207 Å². The first-order valence-electron chi connectivity index (χ1n) is 10.5. The minimum atomic E-state index is -0.634. The molecule has 0 atom stereocenters. The second-order valence-electron chi connectivity index (χ2n) is 7.45. The summed E-state index contributed by atoms with van der Waals surface area (Å²) in [5.74, 6) is -1.94. The van der Waals surface area contributed by atoms with Crippen molar-refractivity contribution in [2.45, 2.75) is 25.7 Å². The molecule has 1 N–H and O–H groups in total. The van der Waals surface area contributed by atoms with Crippen LogP contribution in [0.3, 0.4) is 0 Å². The van der Waals surface area contributed by atoms with Crippen LogP contribution in [0.2, 0.25) is 5.02 Å². The Morgan fingerprint density at radius 2 is 1.91 bits per heavy atom. The van der Waals surface area contributed by atoms with E-state index >= 15 is 0 Å². The Kier molecular flexibility index (Phi) is 7.54. The molecule has 34 heavy (non-hydrogen) atoms. The molecule has 0 unspecified atom stereocenters. The van der Waals surface area contributed by atoms with Crippen molar-refractivity contribution in [3.63, 3.8) is 0 Å². The molecule has 0 aliphatic carbocycles. The van der Waals surface area contributed by atoms with Crippen LogP contribution >= 0.6 is 34.3 Å². The predicted octanol–water partition coefficient (Wildman–Crippen LogP) is 4.84. The Bertz CT molecular complexity index is 1200. The number of anilines is 1. The van der Waals surface area contributed by atoms with Gasteiger partial charge in [0, 0.05) is 29.8 Å². The summed E-state index contributed by atoms with van der Waals surface area (Å²) in [5, 5.41) is 7.00. The van der Waals surface area contributed by atoms with Gasteiger partial charge in [-0.05, 0) is 31.9 Å². The SMILES string of the molecule is CCOC(=O)c1csc(NC(=O)c2csc(C3CCN(C(=O)c4c(F)cccc4Cl)CC3)n2)n1. The van der Waals surface area contributed by atoms with E-state index < -0.39 is 23.6 Å². The Hall–Kier alpha value is -2.89. The highest BCUT2D eigenvalue weighted by atomic mass is 35.5. The monoisotopic (exact) mass is 522 g/mol. The lowest BCUT2D eigenvalue weighted by molar-refractivity contribution is 0.0520. The molecule has 1 aliphatic heterocycles. The van der Waals surface area contributed by atoms with E-state index in [9.17, 15) is 18.8 Å². The van der Waals surface area contributed by atoms with Gasteiger partial charge in [0.25, 0.3) is 11.8 Å². The molecule has 0 saturated carbocycles. The molecule has 1 saturated heterocycles. The predicted molar refractivity (Wildman–Crippen MR) is 127 cm³/mol. The minimum Gasteiger partial charge on any atom is -0.461 e. The van der Waals surface area contributed by atoms with Crippen LogP contribution in [-0.4, -0.2) is 52.3 Å². The fourth-order valence-electron chi connectivity index (χ4n) is 3.56. The van der Waals surface area contributed by atoms with E-state index in [0.717, 1.165) is 16.3 Å². The van der Waals surface area contributed by atoms with Crippen molar-refractivity contribution in [3.05, 3.63) is 61.8 Å². The van der Waals surface area contributed by atoms with Crippen LogP contribution in [0.4, 0.5) is 9.52 Å². The normalized spacial score (nSPS) is 14.1. The number of carbonyl (C=O) groups excluding carboxylic acids is 3. The van der Waals surface area contributed by atoms with E-state index in [2.05, 4.69) is 15.3 Å². The van der Waals surface area contributed by atoms with Gasteiger partial charge in [0.1, 0.15) is 11.5 Å². The molecule has 1 aliphatic rings. The van der Waals surface area contributed by atoms with Crippen LogP contribution in [0.5, 0.6) is 0 Å². The number of aromatic nitrogens is 2. The van der Waals surface area contributed by atoms with Gasteiger partial charge < -0.3 is 9.64 Å². The zero-order valence-corrected chi connectivity index (χ0v) is 20.4. The second kappa shape index (κ2) is 10.6. The smallest absolute Gasteiger partial charge is 0.357 e. The summed E-state index contributed by atoms with van der Waals surface area (Å²) < 4.78 is 19.0. The molecule has 1 aromatic carbocycles. The molecule has 0 radical (unpaired) electrons. The number of esters is 1. The second-order valence-corrected chi connectivity index (χ2v) is 9.60. The molecule has 2 aromatic heterocycles. The van der Waals surface area contributed by atoms with E-state index in [1.165, 1.54) is 34.9 Å². The van der Waals surface area contributed by atoms with Crippen LogP contribution in [0.15, 0.2) is 29.0 Å². The summed E-state index contributed by atoms with van der Waals surface area (Å²) >= 11 is 8.53. The lowest BCUT2D eigenvalue weighted by Crippen LogP contribution is -2.38. The quantitative estimate of drug-likeness (QED) is 0.465. The van der Waals surface area contributed by atoms with Gasteiger partial charge in [-0.15, -0.1) is 22.7 Å². The number of ether oxygens (including phenoxy) is 1. The molecule has 3 heterocycles. The minimum absolute atomic E-state index is 0.0852. The van der Waals surface area contributed by atoms with Gasteiger partial charge in [-0.1, -0.05) is 17.7 Å². The summed E-state index contributed by atoms with van der Waals surface area (Å²) in [4.78, 5) is 47.1. The molecule has 12 heteroatoms. The summed E-state index contributed by atoms with van der Waals surface area (Å²) in [6.07, 6.45) is 1.28. The largest absolute Gasteiger partial charge is 0.461 e. The third-order valence-electron chi connectivity index (χ3n) is 5.27. The number of rotatable bonds is 6. The van der Waals surface area contributed by atoms with Crippen LogP contribution in [0.1, 0.15) is 62.0 Å². The lowest BCUT2D eigenvalue weighted by Gasteiger charge is -2.31. The number of likely N-dealkylation sites (tertiary alicyclic amines) is 1. The lowest BCUT2D eigenvalue weighted by atomic mass is 9.97. The van der Waals surface area contributed by atoms with Crippen LogP contribution in [0.25, 0.3) is 0 Å². The van der Waals surface area contributed by atoms with E-state index in [0.29, 0.717) is 25.9 Å². The number of piperidine rings is 1. The molecular formula is C22H20ClFN4O4S2. The van der Waals surface area contributed by atoms with Crippen molar-refractivity contribution >= 4 is 57.2 Å². The van der Waals surface area contributed by atoms with Crippen molar-refractivity contribution in [2.24, 2.45) is 0 Å². The maximum atomic E-state index is 14.1. The van der Waals surface area contributed by atoms with E-state index in [-0.39, 0.29) is 39.6 Å². The summed E-state index contributed by atoms with van der Waals surface area (Å²) in [6, 6.07) is 4.18. The molecule has 0 bridgehead atoms. The highest BCUT2D eigenvalue weighted by molar-refractivity contribution is 7.14. The molecule has 8 nitrogen and oxygen atoms in total. The highest BCUT2D eigenvalue weighted by Crippen LogP contribution is 2.32. The number of amides is 2. The number of hydrogen-bond donors (Lipinski definition) is 1. The van der Waals surface area contributed by atoms with Crippen molar-refractivity contribution in [2.75, 3.05) is 25.0 Å². The molecule has 178 valence electrons. The van der Waals surface area contributed by atoms with Gasteiger partial charge in [0.05, 0.1) is 22.2 Å². The zero-order valence-electron chi connectivity index (χ0n) is 18.0. The van der Waals surface area contributed by atoms with Gasteiger partial charge in [-0.2, -0.15) is 0 Å². The molecule has 1 fully saturated rings. The Morgan fingerprint density at radius 1 is 1.18 bits per heavy atom. The first kappa shape index (κ1) is 24.2. The summed E-state index contributed by atoms with van der Waals surface area (Å²) in [7, 11) is 0. The Morgan fingerprint density at radius 3 is 2.62 bits per heavy atom. The number of carbonyl (C=O) groups is 3.